The van der Waals surface area contributed by atoms with Gasteiger partial charge < -0.3 is 20.1 Å². The second-order valence-corrected chi connectivity index (χ2v) is 5.04. The molecule has 0 spiro atoms. The van der Waals surface area contributed by atoms with Crippen LogP contribution < -0.4 is 20.1 Å². The summed E-state index contributed by atoms with van der Waals surface area (Å²) in [5, 5.41) is 11.1. The smallest absolute Gasteiger partial charge is 0.231 e. The van der Waals surface area contributed by atoms with Crippen LogP contribution >= 0.6 is 12.2 Å². The summed E-state index contributed by atoms with van der Waals surface area (Å²) in [6.45, 7) is 5.07. The molecule has 1 aliphatic heterocycles. The molecule has 0 atom stereocenters. The van der Waals surface area contributed by atoms with Crippen LogP contribution in [0, 0.1) is 6.92 Å². The molecular weight excluding hydrogens is 288 g/mol. The fourth-order valence-corrected chi connectivity index (χ4v) is 2.29. The fraction of sp³-hybridized carbons (Fsp3) is 0.286. The molecule has 2 aromatic rings. The third kappa shape index (κ3) is 2.92. The number of anilines is 2. The van der Waals surface area contributed by atoms with Gasteiger partial charge in [-0.2, -0.15) is 5.10 Å². The summed E-state index contributed by atoms with van der Waals surface area (Å²) in [6.07, 6.45) is 1.93. The van der Waals surface area contributed by atoms with E-state index in [1.807, 2.05) is 42.9 Å². The highest BCUT2D eigenvalue weighted by Gasteiger charge is 2.13. The minimum atomic E-state index is 0.261. The van der Waals surface area contributed by atoms with Crippen molar-refractivity contribution in [3.8, 4) is 11.5 Å². The molecule has 2 N–H and O–H groups in total. The molecule has 1 aromatic heterocycles. The van der Waals surface area contributed by atoms with Gasteiger partial charge in [0.05, 0.1) is 11.4 Å². The Morgan fingerprint density at radius 1 is 1.33 bits per heavy atom. The lowest BCUT2D eigenvalue weighted by molar-refractivity contribution is 0.174. The molecule has 21 heavy (non-hydrogen) atoms. The molecular formula is C14H16N4O2S. The number of aromatic nitrogens is 2. The molecule has 0 amide bonds. The number of benzene rings is 1. The molecule has 0 unspecified atom stereocenters. The summed E-state index contributed by atoms with van der Waals surface area (Å²) < 4.78 is 12.5. The van der Waals surface area contributed by atoms with Crippen molar-refractivity contribution in [2.45, 2.75) is 20.4 Å². The van der Waals surface area contributed by atoms with Gasteiger partial charge in [-0.25, -0.2) is 0 Å². The minimum Gasteiger partial charge on any atom is -0.454 e. The molecule has 1 aromatic carbocycles. The van der Waals surface area contributed by atoms with Crippen LogP contribution in [0.5, 0.6) is 11.5 Å². The third-order valence-corrected chi connectivity index (χ3v) is 3.35. The molecule has 1 aliphatic rings. The van der Waals surface area contributed by atoms with Crippen molar-refractivity contribution >= 4 is 28.7 Å². The zero-order valence-electron chi connectivity index (χ0n) is 11.8. The molecule has 6 nitrogen and oxygen atoms in total. The molecule has 0 bridgehead atoms. The quantitative estimate of drug-likeness (QED) is 0.850. The van der Waals surface area contributed by atoms with Crippen LogP contribution in [-0.4, -0.2) is 21.7 Å². The number of fused-ring (bicyclic) bond motifs is 1. The van der Waals surface area contributed by atoms with Gasteiger partial charge in [-0.1, -0.05) is 0 Å². The van der Waals surface area contributed by atoms with Crippen LogP contribution in [0.3, 0.4) is 0 Å². The number of aryl methyl sites for hydroxylation is 2. The molecule has 0 fully saturated rings. The molecule has 0 saturated carbocycles. The summed E-state index contributed by atoms with van der Waals surface area (Å²) >= 11 is 5.32. The van der Waals surface area contributed by atoms with Crippen molar-refractivity contribution < 1.29 is 9.47 Å². The number of hydrogen-bond donors (Lipinski definition) is 2. The molecule has 7 heteroatoms. The number of ether oxygens (including phenoxy) is 2. The van der Waals surface area contributed by atoms with Gasteiger partial charge in [0, 0.05) is 24.5 Å². The van der Waals surface area contributed by atoms with E-state index in [2.05, 4.69) is 15.7 Å². The zero-order chi connectivity index (χ0) is 14.8. The van der Waals surface area contributed by atoms with Gasteiger partial charge in [0.25, 0.3) is 0 Å². The molecule has 110 valence electrons. The van der Waals surface area contributed by atoms with Gasteiger partial charge >= 0.3 is 0 Å². The number of rotatable bonds is 3. The molecule has 0 saturated heterocycles. The molecule has 2 heterocycles. The highest BCUT2D eigenvalue weighted by molar-refractivity contribution is 7.80. The number of thiocarbonyl (C=S) groups is 1. The average Bonchev–Trinajstić information content (AvgIpc) is 3.05. The van der Waals surface area contributed by atoms with Crippen LogP contribution in [0.25, 0.3) is 0 Å². The summed E-state index contributed by atoms with van der Waals surface area (Å²) in [6, 6.07) is 5.61. The summed E-state index contributed by atoms with van der Waals surface area (Å²) in [5.41, 5.74) is 2.65. The SMILES string of the molecule is CCn1cc(NC(=S)Nc2ccc3c(c2)OCO3)c(C)n1. The first-order chi connectivity index (χ1) is 10.2. The number of hydrogen-bond acceptors (Lipinski definition) is 4. The maximum absolute atomic E-state index is 5.34. The van der Waals surface area contributed by atoms with E-state index in [0.717, 1.165) is 35.1 Å². The van der Waals surface area contributed by atoms with E-state index in [1.165, 1.54) is 0 Å². The Labute approximate surface area is 128 Å². The standard InChI is InChI=1S/C14H16N4O2S/c1-3-18-7-11(9(2)17-18)16-14(21)15-10-4-5-12-13(6-10)20-8-19-12/h4-7H,3,8H2,1-2H3,(H2,15,16,21). The van der Waals surface area contributed by atoms with Gasteiger partial charge in [0.15, 0.2) is 16.6 Å². The second-order valence-electron chi connectivity index (χ2n) is 4.63. The van der Waals surface area contributed by atoms with Crippen molar-refractivity contribution in [3.63, 3.8) is 0 Å². The number of nitrogens with zero attached hydrogens (tertiary/aromatic N) is 2. The highest BCUT2D eigenvalue weighted by Crippen LogP contribution is 2.34. The zero-order valence-corrected chi connectivity index (χ0v) is 12.7. The van der Waals surface area contributed by atoms with Crippen molar-refractivity contribution in [1.29, 1.82) is 0 Å². The normalized spacial score (nSPS) is 12.3. The molecule has 0 radical (unpaired) electrons. The maximum Gasteiger partial charge on any atom is 0.231 e. The minimum absolute atomic E-state index is 0.261. The molecule has 3 rings (SSSR count). The first kappa shape index (κ1) is 13.7. The van der Waals surface area contributed by atoms with Crippen LogP contribution in [0.4, 0.5) is 11.4 Å². The van der Waals surface area contributed by atoms with Crippen LogP contribution in [0.15, 0.2) is 24.4 Å². The largest absolute Gasteiger partial charge is 0.454 e. The summed E-state index contributed by atoms with van der Waals surface area (Å²) in [5.74, 6) is 1.47. The Hall–Kier alpha value is -2.28. The topological polar surface area (TPSA) is 60.3 Å². The van der Waals surface area contributed by atoms with Crippen molar-refractivity contribution in [3.05, 3.63) is 30.1 Å². The Morgan fingerprint density at radius 3 is 2.90 bits per heavy atom. The highest BCUT2D eigenvalue weighted by atomic mass is 32.1. The lowest BCUT2D eigenvalue weighted by Gasteiger charge is -2.10. The van der Waals surface area contributed by atoms with E-state index < -0.39 is 0 Å². The van der Waals surface area contributed by atoms with E-state index in [9.17, 15) is 0 Å². The van der Waals surface area contributed by atoms with E-state index in [-0.39, 0.29) is 6.79 Å². The predicted molar refractivity (Wildman–Crippen MR) is 85.0 cm³/mol. The third-order valence-electron chi connectivity index (χ3n) is 3.15. The fourth-order valence-electron chi connectivity index (χ4n) is 2.06. The van der Waals surface area contributed by atoms with Crippen LogP contribution in [-0.2, 0) is 6.54 Å². The Bertz CT molecular complexity index is 684. The molecule has 0 aliphatic carbocycles. The summed E-state index contributed by atoms with van der Waals surface area (Å²) in [7, 11) is 0. The van der Waals surface area contributed by atoms with E-state index in [4.69, 9.17) is 21.7 Å². The lowest BCUT2D eigenvalue weighted by Crippen LogP contribution is -2.19. The monoisotopic (exact) mass is 304 g/mol. The second kappa shape index (κ2) is 5.61. The van der Waals surface area contributed by atoms with Gasteiger partial charge in [-0.3, -0.25) is 4.68 Å². The first-order valence-corrected chi connectivity index (χ1v) is 7.08. The summed E-state index contributed by atoms with van der Waals surface area (Å²) in [4.78, 5) is 0. The van der Waals surface area contributed by atoms with E-state index >= 15 is 0 Å². The van der Waals surface area contributed by atoms with Crippen molar-refractivity contribution in [2.24, 2.45) is 0 Å². The predicted octanol–water partition coefficient (Wildman–Crippen LogP) is 2.75. The van der Waals surface area contributed by atoms with Crippen LogP contribution in [0.2, 0.25) is 0 Å². The number of nitrogens with one attached hydrogen (secondary N) is 2. The van der Waals surface area contributed by atoms with Crippen molar-refractivity contribution in [1.82, 2.24) is 9.78 Å². The van der Waals surface area contributed by atoms with E-state index in [0.29, 0.717) is 5.11 Å². The average molecular weight is 304 g/mol. The van der Waals surface area contributed by atoms with Gasteiger partial charge in [-0.15, -0.1) is 0 Å². The van der Waals surface area contributed by atoms with Crippen molar-refractivity contribution in [2.75, 3.05) is 17.4 Å². The van der Waals surface area contributed by atoms with Gasteiger partial charge in [0.1, 0.15) is 0 Å². The van der Waals surface area contributed by atoms with E-state index in [1.54, 1.807) is 0 Å². The Balaban J connectivity index is 1.67. The van der Waals surface area contributed by atoms with Gasteiger partial charge in [0.2, 0.25) is 6.79 Å². The van der Waals surface area contributed by atoms with Crippen LogP contribution in [0.1, 0.15) is 12.6 Å². The maximum atomic E-state index is 5.34. The first-order valence-electron chi connectivity index (χ1n) is 6.67. The lowest BCUT2D eigenvalue weighted by atomic mass is 10.3. The Kier molecular flexibility index (Phi) is 3.66. The Morgan fingerprint density at radius 2 is 2.14 bits per heavy atom. The van der Waals surface area contributed by atoms with Gasteiger partial charge in [-0.05, 0) is 38.2 Å².